The van der Waals surface area contributed by atoms with Gasteiger partial charge in [-0.15, -0.1) is 0 Å². The topological polar surface area (TPSA) is 0 Å². The van der Waals surface area contributed by atoms with Crippen LogP contribution in [0.25, 0.3) is 0 Å². The van der Waals surface area contributed by atoms with Crippen LogP contribution in [0.15, 0.2) is 0 Å². The van der Waals surface area contributed by atoms with E-state index in [4.69, 9.17) is 0 Å². The first-order valence-corrected chi connectivity index (χ1v) is 13.2. The van der Waals surface area contributed by atoms with E-state index >= 15 is 0 Å². The Morgan fingerprint density at radius 3 is 2.37 bits per heavy atom. The molecular formula is C27H44. The summed E-state index contributed by atoms with van der Waals surface area (Å²) in [4.78, 5) is 0. The fourth-order valence-electron chi connectivity index (χ4n) is 9.87. The first kappa shape index (κ1) is 17.8. The van der Waals surface area contributed by atoms with Crippen molar-refractivity contribution >= 4 is 0 Å². The summed E-state index contributed by atoms with van der Waals surface area (Å²) in [7, 11) is 0. The van der Waals surface area contributed by atoms with Crippen molar-refractivity contribution in [1.29, 1.82) is 0 Å². The minimum Gasteiger partial charge on any atom is -0.0620 e. The lowest BCUT2D eigenvalue weighted by Crippen LogP contribution is -2.37. The average Bonchev–Trinajstić information content (AvgIpc) is 3.51. The molecule has 0 heteroatoms. The molecule has 0 spiro atoms. The first-order valence-electron chi connectivity index (χ1n) is 13.2. The molecule has 11 unspecified atom stereocenters. The normalized spacial score (nSPS) is 58.9. The fourth-order valence-corrected chi connectivity index (χ4v) is 9.87. The van der Waals surface area contributed by atoms with Crippen molar-refractivity contribution < 1.29 is 0 Å². The molecule has 27 heavy (non-hydrogen) atoms. The van der Waals surface area contributed by atoms with Crippen molar-refractivity contribution in [2.75, 3.05) is 0 Å². The average molecular weight is 369 g/mol. The van der Waals surface area contributed by atoms with Crippen molar-refractivity contribution in [3.05, 3.63) is 0 Å². The minimum atomic E-state index is 0.828. The molecule has 0 aromatic carbocycles. The largest absolute Gasteiger partial charge is 0.0620 e. The molecule has 0 heterocycles. The third-order valence-electron chi connectivity index (χ3n) is 11.8. The number of hydrogen-bond donors (Lipinski definition) is 0. The van der Waals surface area contributed by atoms with Gasteiger partial charge in [-0.1, -0.05) is 46.0 Å². The first-order chi connectivity index (χ1) is 13.2. The van der Waals surface area contributed by atoms with E-state index < -0.39 is 0 Å². The Morgan fingerprint density at radius 1 is 0.704 bits per heavy atom. The SMILES string of the molecule is CC1C2CCCCC(CCC34CCCC5CCC6CCC6C(C5C)C3C4)C12. The molecule has 0 saturated heterocycles. The summed E-state index contributed by atoms with van der Waals surface area (Å²) in [6.45, 7) is 5.28. The predicted octanol–water partition coefficient (Wildman–Crippen LogP) is 7.72. The fraction of sp³-hybridized carbons (Fsp3) is 1.00. The number of fused-ring (bicyclic) bond motifs is 7. The van der Waals surface area contributed by atoms with Crippen molar-refractivity contribution in [2.24, 2.45) is 64.6 Å². The molecule has 0 aliphatic heterocycles. The van der Waals surface area contributed by atoms with Crippen LogP contribution in [-0.4, -0.2) is 0 Å². The Bertz CT molecular complexity index is 564. The molecule has 0 N–H and O–H groups in total. The third kappa shape index (κ3) is 2.81. The Balaban J connectivity index is 1.17. The van der Waals surface area contributed by atoms with Gasteiger partial charge in [0.25, 0.3) is 0 Å². The molecule has 0 aromatic heterocycles. The molecule has 6 aliphatic rings. The summed E-state index contributed by atoms with van der Waals surface area (Å²) >= 11 is 0. The van der Waals surface area contributed by atoms with Crippen LogP contribution in [0.2, 0.25) is 0 Å². The maximum atomic E-state index is 2.70. The van der Waals surface area contributed by atoms with E-state index in [0.29, 0.717) is 0 Å². The van der Waals surface area contributed by atoms with Gasteiger partial charge < -0.3 is 0 Å². The van der Waals surface area contributed by atoms with Crippen molar-refractivity contribution in [1.82, 2.24) is 0 Å². The Morgan fingerprint density at radius 2 is 1.52 bits per heavy atom. The smallest absolute Gasteiger partial charge is 0.0263 e. The molecule has 6 rings (SSSR count). The standard InChI is InChI=1S/C27H44/c1-17-19-7-5-14-27(15-13-21-6-3-4-8-22-18(2)25(21)22)16-24(27)26(17)23-12-11-20(23)10-9-19/h17-26H,3-16H2,1-2H3. The lowest BCUT2D eigenvalue weighted by atomic mass is 9.60. The summed E-state index contributed by atoms with van der Waals surface area (Å²) in [5, 5.41) is 0. The predicted molar refractivity (Wildman–Crippen MR) is 113 cm³/mol. The van der Waals surface area contributed by atoms with Gasteiger partial charge in [0.1, 0.15) is 0 Å². The van der Waals surface area contributed by atoms with Gasteiger partial charge in [0.2, 0.25) is 0 Å². The third-order valence-corrected chi connectivity index (χ3v) is 11.8. The monoisotopic (exact) mass is 368 g/mol. The van der Waals surface area contributed by atoms with Gasteiger partial charge in [0, 0.05) is 0 Å². The highest BCUT2D eigenvalue weighted by atomic mass is 14.7. The minimum absolute atomic E-state index is 0.828. The second kappa shape index (κ2) is 6.50. The van der Waals surface area contributed by atoms with Crippen molar-refractivity contribution in [3.8, 4) is 0 Å². The Hall–Kier alpha value is 0. The highest BCUT2D eigenvalue weighted by Crippen LogP contribution is 2.70. The van der Waals surface area contributed by atoms with Crippen LogP contribution in [0.4, 0.5) is 0 Å². The highest BCUT2D eigenvalue weighted by molar-refractivity contribution is 5.11. The molecule has 0 amide bonds. The van der Waals surface area contributed by atoms with Crippen LogP contribution in [0.1, 0.15) is 104 Å². The van der Waals surface area contributed by atoms with Gasteiger partial charge >= 0.3 is 0 Å². The van der Waals surface area contributed by atoms with E-state index in [9.17, 15) is 0 Å². The molecule has 152 valence electrons. The molecule has 6 fully saturated rings. The molecule has 0 nitrogen and oxygen atoms in total. The van der Waals surface area contributed by atoms with Gasteiger partial charge in [0.15, 0.2) is 0 Å². The zero-order chi connectivity index (χ0) is 18.2. The van der Waals surface area contributed by atoms with Gasteiger partial charge in [-0.3, -0.25) is 0 Å². The quantitative estimate of drug-likeness (QED) is 0.478. The highest BCUT2D eigenvalue weighted by Gasteiger charge is 2.62. The van der Waals surface area contributed by atoms with Crippen LogP contribution < -0.4 is 0 Å². The van der Waals surface area contributed by atoms with Gasteiger partial charge in [0.05, 0.1) is 0 Å². The van der Waals surface area contributed by atoms with Crippen LogP contribution in [0.5, 0.6) is 0 Å². The lowest BCUT2D eigenvalue weighted by molar-refractivity contribution is 0.0419. The second-order valence-corrected chi connectivity index (χ2v) is 12.5. The van der Waals surface area contributed by atoms with E-state index in [1.54, 1.807) is 89.9 Å². The lowest BCUT2D eigenvalue weighted by Gasteiger charge is -2.45. The molecule has 6 saturated carbocycles. The van der Waals surface area contributed by atoms with E-state index in [2.05, 4.69) is 13.8 Å². The molecule has 11 atom stereocenters. The number of rotatable bonds is 3. The maximum absolute atomic E-state index is 2.70. The van der Waals surface area contributed by atoms with Crippen molar-refractivity contribution in [3.63, 3.8) is 0 Å². The second-order valence-electron chi connectivity index (χ2n) is 12.5. The molecule has 0 radical (unpaired) electrons. The van der Waals surface area contributed by atoms with E-state index in [0.717, 1.165) is 64.6 Å². The van der Waals surface area contributed by atoms with Gasteiger partial charge in [-0.2, -0.15) is 0 Å². The maximum Gasteiger partial charge on any atom is -0.0263 e. The zero-order valence-electron chi connectivity index (χ0n) is 18.2. The summed E-state index contributed by atoms with van der Waals surface area (Å²) in [6.07, 6.45) is 22.3. The summed E-state index contributed by atoms with van der Waals surface area (Å²) in [5.41, 5.74) is 0.828. The molecular weight excluding hydrogens is 324 g/mol. The summed E-state index contributed by atoms with van der Waals surface area (Å²) < 4.78 is 0. The number of hydrogen-bond acceptors (Lipinski definition) is 0. The van der Waals surface area contributed by atoms with Crippen molar-refractivity contribution in [2.45, 2.75) is 104 Å². The van der Waals surface area contributed by atoms with Crippen LogP contribution >= 0.6 is 0 Å². The van der Waals surface area contributed by atoms with Crippen LogP contribution in [0.3, 0.4) is 0 Å². The zero-order valence-corrected chi connectivity index (χ0v) is 18.2. The summed E-state index contributed by atoms with van der Waals surface area (Å²) in [6, 6.07) is 0. The molecule has 0 aromatic rings. The van der Waals surface area contributed by atoms with E-state index in [-0.39, 0.29) is 0 Å². The summed E-state index contributed by atoms with van der Waals surface area (Å²) in [5.74, 6) is 11.2. The van der Waals surface area contributed by atoms with Gasteiger partial charge in [-0.25, -0.2) is 0 Å². The molecule has 2 bridgehead atoms. The van der Waals surface area contributed by atoms with E-state index in [1.165, 1.54) is 0 Å². The van der Waals surface area contributed by atoms with Crippen LogP contribution in [-0.2, 0) is 0 Å². The van der Waals surface area contributed by atoms with Gasteiger partial charge in [-0.05, 0) is 122 Å². The van der Waals surface area contributed by atoms with Crippen LogP contribution in [0, 0.1) is 64.6 Å². The van der Waals surface area contributed by atoms with E-state index in [1.807, 2.05) is 0 Å². The Kier molecular flexibility index (Phi) is 4.29. The Labute approximate surface area is 168 Å². The molecule has 6 aliphatic carbocycles.